The molecule has 7 nitrogen and oxygen atoms in total. The number of esters is 1. The van der Waals surface area contributed by atoms with Gasteiger partial charge in [0.25, 0.3) is 0 Å². The third-order valence-electron chi connectivity index (χ3n) is 2.96. The molecule has 1 rings (SSSR count). The summed E-state index contributed by atoms with van der Waals surface area (Å²) in [6.45, 7) is 1.91. The second kappa shape index (κ2) is 7.39. The van der Waals surface area contributed by atoms with E-state index in [1.165, 1.54) is 25.3 Å². The van der Waals surface area contributed by atoms with Crippen molar-refractivity contribution in [3.05, 3.63) is 23.8 Å². The van der Waals surface area contributed by atoms with E-state index in [4.69, 9.17) is 5.73 Å². The third kappa shape index (κ3) is 4.69. The first-order chi connectivity index (χ1) is 9.81. The molecular formula is C13H20N2O5S. The average Bonchev–Trinajstić information content (AvgIpc) is 2.45. The Morgan fingerprint density at radius 3 is 2.67 bits per heavy atom. The van der Waals surface area contributed by atoms with Gasteiger partial charge in [0, 0.05) is 6.54 Å². The largest absolute Gasteiger partial charge is 0.465 e. The van der Waals surface area contributed by atoms with Crippen molar-refractivity contribution in [3.8, 4) is 0 Å². The predicted octanol–water partition coefficient (Wildman–Crippen LogP) is 0.495. The van der Waals surface area contributed by atoms with Gasteiger partial charge in [0.2, 0.25) is 10.0 Å². The van der Waals surface area contributed by atoms with Crippen LogP contribution in [-0.4, -0.2) is 39.3 Å². The lowest BCUT2D eigenvalue weighted by molar-refractivity contribution is 0.0600. The van der Waals surface area contributed by atoms with Gasteiger partial charge in [-0.05, 0) is 31.0 Å². The minimum atomic E-state index is -3.78. The van der Waals surface area contributed by atoms with E-state index < -0.39 is 22.1 Å². The van der Waals surface area contributed by atoms with Gasteiger partial charge in [-0.15, -0.1) is 0 Å². The molecule has 0 fully saturated rings. The van der Waals surface area contributed by atoms with E-state index in [1.54, 1.807) is 0 Å². The van der Waals surface area contributed by atoms with Crippen LogP contribution in [0.3, 0.4) is 0 Å². The Morgan fingerprint density at radius 2 is 2.14 bits per heavy atom. The van der Waals surface area contributed by atoms with Crippen LogP contribution in [0.15, 0.2) is 23.1 Å². The van der Waals surface area contributed by atoms with Crippen LogP contribution in [0.2, 0.25) is 0 Å². The van der Waals surface area contributed by atoms with Crippen molar-refractivity contribution < 1.29 is 23.1 Å². The van der Waals surface area contributed by atoms with Gasteiger partial charge < -0.3 is 15.6 Å². The number of carbonyl (C=O) groups excluding carboxylic acids is 1. The molecule has 8 heteroatoms. The number of nitrogens with two attached hydrogens (primary N) is 1. The van der Waals surface area contributed by atoms with E-state index in [-0.39, 0.29) is 22.7 Å². The van der Waals surface area contributed by atoms with E-state index in [2.05, 4.69) is 9.46 Å². The van der Waals surface area contributed by atoms with E-state index in [1.807, 2.05) is 6.92 Å². The smallest absolute Gasteiger partial charge is 0.337 e. The fourth-order valence-corrected chi connectivity index (χ4v) is 2.84. The zero-order chi connectivity index (χ0) is 16.0. The van der Waals surface area contributed by atoms with Gasteiger partial charge in [-0.3, -0.25) is 0 Å². The zero-order valence-corrected chi connectivity index (χ0v) is 12.8. The van der Waals surface area contributed by atoms with E-state index in [0.717, 1.165) is 0 Å². The SMILES string of the molecule is CCC(O)CCNS(=O)(=O)c1ccc(C(=O)OC)cc1N. The molecule has 0 amide bonds. The third-order valence-corrected chi connectivity index (χ3v) is 4.50. The van der Waals surface area contributed by atoms with Crippen LogP contribution in [0.1, 0.15) is 30.1 Å². The topological polar surface area (TPSA) is 119 Å². The Bertz CT molecular complexity index is 601. The van der Waals surface area contributed by atoms with Gasteiger partial charge in [0.1, 0.15) is 4.90 Å². The van der Waals surface area contributed by atoms with Crippen molar-refractivity contribution in [2.24, 2.45) is 0 Å². The van der Waals surface area contributed by atoms with Crippen molar-refractivity contribution in [1.29, 1.82) is 0 Å². The first kappa shape index (κ1) is 17.4. The van der Waals surface area contributed by atoms with Crippen molar-refractivity contribution in [2.45, 2.75) is 30.8 Å². The predicted molar refractivity (Wildman–Crippen MR) is 78.3 cm³/mol. The summed E-state index contributed by atoms with van der Waals surface area (Å²) in [4.78, 5) is 11.2. The average molecular weight is 316 g/mol. The second-order valence-electron chi connectivity index (χ2n) is 4.49. The first-order valence-electron chi connectivity index (χ1n) is 6.47. The summed E-state index contributed by atoms with van der Waals surface area (Å²) >= 11 is 0. The molecule has 0 aliphatic rings. The molecule has 118 valence electrons. The normalized spacial score (nSPS) is 12.9. The molecule has 4 N–H and O–H groups in total. The van der Waals surface area contributed by atoms with Crippen molar-refractivity contribution in [3.63, 3.8) is 0 Å². The summed E-state index contributed by atoms with van der Waals surface area (Å²) in [5, 5.41) is 9.39. The van der Waals surface area contributed by atoms with Crippen LogP contribution >= 0.6 is 0 Å². The number of aliphatic hydroxyl groups excluding tert-OH is 1. The molecule has 0 aromatic heterocycles. The number of rotatable bonds is 7. The number of aliphatic hydroxyl groups is 1. The molecule has 0 heterocycles. The summed E-state index contributed by atoms with van der Waals surface area (Å²) in [6, 6.07) is 3.83. The summed E-state index contributed by atoms with van der Waals surface area (Å²) in [5.74, 6) is -0.593. The van der Waals surface area contributed by atoms with Gasteiger partial charge in [-0.2, -0.15) is 0 Å². The van der Waals surface area contributed by atoms with Crippen molar-refractivity contribution in [1.82, 2.24) is 4.72 Å². The zero-order valence-electron chi connectivity index (χ0n) is 12.0. The Hall–Kier alpha value is -1.64. The lowest BCUT2D eigenvalue weighted by atomic mass is 10.2. The number of ether oxygens (including phenoxy) is 1. The van der Waals surface area contributed by atoms with Crippen molar-refractivity contribution >= 4 is 21.7 Å². The number of carbonyl (C=O) groups is 1. The molecule has 1 unspecified atom stereocenters. The fraction of sp³-hybridized carbons (Fsp3) is 0.462. The van der Waals surface area contributed by atoms with Gasteiger partial charge >= 0.3 is 5.97 Å². The van der Waals surface area contributed by atoms with E-state index >= 15 is 0 Å². The standard InChI is InChI=1S/C13H20N2O5S/c1-3-10(16)6-7-15-21(18,19)12-5-4-9(8-11(12)14)13(17)20-2/h4-5,8,10,15-16H,3,6-7,14H2,1-2H3. The number of benzene rings is 1. The molecule has 0 bridgehead atoms. The highest BCUT2D eigenvalue weighted by Gasteiger charge is 2.19. The van der Waals surface area contributed by atoms with E-state index in [0.29, 0.717) is 12.8 Å². The molecule has 0 radical (unpaired) electrons. The highest BCUT2D eigenvalue weighted by molar-refractivity contribution is 7.89. The number of hydrogen-bond donors (Lipinski definition) is 3. The maximum atomic E-state index is 12.1. The van der Waals surface area contributed by atoms with Gasteiger partial charge in [0.05, 0.1) is 24.5 Å². The summed E-state index contributed by atoms with van der Waals surface area (Å²) in [6.07, 6.45) is 0.319. The minimum absolute atomic E-state index is 0.0403. The van der Waals surface area contributed by atoms with Crippen LogP contribution in [0.4, 0.5) is 5.69 Å². The van der Waals surface area contributed by atoms with Gasteiger partial charge in [-0.1, -0.05) is 6.92 Å². The summed E-state index contributed by atoms with van der Waals surface area (Å²) < 4.78 is 31.1. The molecule has 0 saturated heterocycles. The van der Waals surface area contributed by atoms with Gasteiger partial charge in [0.15, 0.2) is 0 Å². The molecule has 0 aliphatic heterocycles. The number of hydrogen-bond acceptors (Lipinski definition) is 6. The molecule has 1 aromatic rings. The van der Waals surface area contributed by atoms with Crippen LogP contribution in [-0.2, 0) is 14.8 Å². The number of nitrogen functional groups attached to an aromatic ring is 1. The Labute approximate surface area is 124 Å². The molecule has 21 heavy (non-hydrogen) atoms. The number of sulfonamides is 1. The van der Waals surface area contributed by atoms with Crippen LogP contribution < -0.4 is 10.5 Å². The molecule has 0 aliphatic carbocycles. The maximum Gasteiger partial charge on any atom is 0.337 e. The number of anilines is 1. The van der Waals surface area contributed by atoms with Crippen LogP contribution in [0.5, 0.6) is 0 Å². The van der Waals surface area contributed by atoms with Gasteiger partial charge in [-0.25, -0.2) is 17.9 Å². The molecule has 0 saturated carbocycles. The van der Waals surface area contributed by atoms with Crippen LogP contribution in [0, 0.1) is 0 Å². The first-order valence-corrected chi connectivity index (χ1v) is 7.95. The summed E-state index contributed by atoms with van der Waals surface area (Å²) in [5.41, 5.74) is 5.82. The van der Waals surface area contributed by atoms with Crippen LogP contribution in [0.25, 0.3) is 0 Å². The van der Waals surface area contributed by atoms with Crippen molar-refractivity contribution in [2.75, 3.05) is 19.4 Å². The Balaban J connectivity index is 2.86. The quantitative estimate of drug-likeness (QED) is 0.498. The molecular weight excluding hydrogens is 296 g/mol. The summed E-state index contributed by atoms with van der Waals surface area (Å²) in [7, 11) is -2.56. The monoisotopic (exact) mass is 316 g/mol. The maximum absolute atomic E-state index is 12.1. The highest BCUT2D eigenvalue weighted by Crippen LogP contribution is 2.20. The lowest BCUT2D eigenvalue weighted by Crippen LogP contribution is -2.28. The highest BCUT2D eigenvalue weighted by atomic mass is 32.2. The number of methoxy groups -OCH3 is 1. The minimum Gasteiger partial charge on any atom is -0.465 e. The Morgan fingerprint density at radius 1 is 1.48 bits per heavy atom. The molecule has 1 atom stereocenters. The Kier molecular flexibility index (Phi) is 6.13. The van der Waals surface area contributed by atoms with E-state index in [9.17, 15) is 18.3 Å². The fourth-order valence-electron chi connectivity index (χ4n) is 1.68. The second-order valence-corrected chi connectivity index (χ2v) is 6.23. The molecule has 1 aromatic carbocycles. The molecule has 0 spiro atoms. The lowest BCUT2D eigenvalue weighted by Gasteiger charge is -2.11. The number of nitrogens with one attached hydrogen (secondary N) is 1.